The number of likely N-dealkylation sites (N-methyl/N-ethyl adjacent to an activating group) is 1. The van der Waals surface area contributed by atoms with Crippen molar-refractivity contribution in [3.63, 3.8) is 0 Å². The second kappa shape index (κ2) is 3.50. The van der Waals surface area contributed by atoms with Gasteiger partial charge in [-0.15, -0.1) is 0 Å². The molecular formula is C17H17NO3. The van der Waals surface area contributed by atoms with Crippen LogP contribution in [0, 0.1) is 5.92 Å². The number of hydrogen-bond donors (Lipinski definition) is 0. The molecule has 0 aromatic heterocycles. The van der Waals surface area contributed by atoms with Crippen LogP contribution in [0.4, 0.5) is 0 Å². The van der Waals surface area contributed by atoms with Gasteiger partial charge in [0.15, 0.2) is 23.4 Å². The highest BCUT2D eigenvalue weighted by molar-refractivity contribution is 5.98. The average Bonchev–Trinajstić information content (AvgIpc) is 2.92. The van der Waals surface area contributed by atoms with Gasteiger partial charge in [-0.3, -0.25) is 4.79 Å². The van der Waals surface area contributed by atoms with Crippen molar-refractivity contribution in [1.29, 1.82) is 0 Å². The van der Waals surface area contributed by atoms with E-state index >= 15 is 0 Å². The molecule has 4 atom stereocenters. The normalized spacial score (nSPS) is 38.4. The van der Waals surface area contributed by atoms with Crippen LogP contribution in [0.15, 0.2) is 24.3 Å². The smallest absolute Gasteiger partial charge is 0.196 e. The van der Waals surface area contributed by atoms with E-state index < -0.39 is 0 Å². The summed E-state index contributed by atoms with van der Waals surface area (Å²) in [6.07, 6.45) is 4.48. The molecule has 1 aromatic carbocycles. The molecular weight excluding hydrogens is 266 g/mol. The molecule has 5 rings (SSSR count). The summed E-state index contributed by atoms with van der Waals surface area (Å²) in [5, 5.41) is 0. The lowest BCUT2D eigenvalue weighted by atomic mass is 9.60. The van der Waals surface area contributed by atoms with Gasteiger partial charge < -0.3 is 14.4 Å². The van der Waals surface area contributed by atoms with Crippen molar-refractivity contribution in [2.75, 3.05) is 20.7 Å². The maximum atomic E-state index is 12.4. The van der Waals surface area contributed by atoms with Gasteiger partial charge in [0.2, 0.25) is 0 Å². The molecule has 4 nitrogen and oxygen atoms in total. The molecule has 108 valence electrons. The van der Waals surface area contributed by atoms with Gasteiger partial charge in [-0.2, -0.15) is 0 Å². The van der Waals surface area contributed by atoms with E-state index in [1.54, 1.807) is 13.2 Å². The largest absolute Gasteiger partial charge is 0.493 e. The second-order valence-corrected chi connectivity index (χ2v) is 6.64. The van der Waals surface area contributed by atoms with E-state index in [-0.39, 0.29) is 17.3 Å². The average molecular weight is 283 g/mol. The molecule has 1 saturated heterocycles. The Morgan fingerprint density at radius 3 is 3.10 bits per heavy atom. The lowest BCUT2D eigenvalue weighted by molar-refractivity contribution is -0.124. The number of methoxy groups -OCH3 is 1. The highest BCUT2D eigenvalue weighted by atomic mass is 16.5. The first-order valence-corrected chi connectivity index (χ1v) is 7.46. The Labute approximate surface area is 123 Å². The number of likely N-dealkylation sites (tertiary alicyclic amines) is 1. The summed E-state index contributed by atoms with van der Waals surface area (Å²) < 4.78 is 11.6. The third-order valence-electron chi connectivity index (χ3n) is 5.84. The van der Waals surface area contributed by atoms with E-state index in [1.165, 1.54) is 11.1 Å². The zero-order valence-corrected chi connectivity index (χ0v) is 12.1. The van der Waals surface area contributed by atoms with E-state index in [4.69, 9.17) is 9.47 Å². The standard InChI is InChI=1S/C17H17NO3/c1-18-8-17-10-4-5-12(19)16(17)21-15-13(20-2)6-3-9(14(15)17)7-11(10)18/h3-6,10-11,16H,7-8H2,1-2H3/t10?,11-,16+,17+/m1/s1. The van der Waals surface area contributed by atoms with Crippen molar-refractivity contribution in [3.8, 4) is 11.5 Å². The van der Waals surface area contributed by atoms with E-state index in [9.17, 15) is 4.79 Å². The van der Waals surface area contributed by atoms with Crippen LogP contribution >= 0.6 is 0 Å². The fourth-order valence-electron chi connectivity index (χ4n) is 5.08. The van der Waals surface area contributed by atoms with Gasteiger partial charge in [-0.05, 0) is 31.2 Å². The summed E-state index contributed by atoms with van der Waals surface area (Å²) >= 11 is 0. The topological polar surface area (TPSA) is 38.8 Å². The Balaban J connectivity index is 1.86. The molecule has 1 unspecified atom stereocenters. The number of carbonyl (C=O) groups is 1. The molecule has 2 heterocycles. The summed E-state index contributed by atoms with van der Waals surface area (Å²) in [5.41, 5.74) is 2.35. The van der Waals surface area contributed by atoms with Crippen molar-refractivity contribution < 1.29 is 14.3 Å². The number of nitrogens with zero attached hydrogens (tertiary/aromatic N) is 1. The first-order chi connectivity index (χ1) is 10.2. The molecule has 0 N–H and O–H groups in total. The van der Waals surface area contributed by atoms with E-state index in [1.807, 2.05) is 6.07 Å². The van der Waals surface area contributed by atoms with Crippen molar-refractivity contribution in [2.45, 2.75) is 24.0 Å². The Kier molecular flexibility index (Phi) is 1.97. The number of ether oxygens (including phenoxy) is 2. The van der Waals surface area contributed by atoms with Crippen molar-refractivity contribution in [1.82, 2.24) is 4.90 Å². The zero-order chi connectivity index (χ0) is 14.4. The van der Waals surface area contributed by atoms with E-state index in [0.717, 1.165) is 24.5 Å². The van der Waals surface area contributed by atoms with Crippen LogP contribution < -0.4 is 9.47 Å². The minimum Gasteiger partial charge on any atom is -0.493 e. The molecule has 21 heavy (non-hydrogen) atoms. The molecule has 1 aromatic rings. The molecule has 4 heteroatoms. The zero-order valence-electron chi connectivity index (χ0n) is 12.1. The minimum absolute atomic E-state index is 0.0893. The maximum absolute atomic E-state index is 12.4. The highest BCUT2D eigenvalue weighted by Gasteiger charge is 2.67. The molecule has 1 fully saturated rings. The fraction of sp³-hybridized carbons (Fsp3) is 0.471. The van der Waals surface area contributed by atoms with Gasteiger partial charge in [-0.25, -0.2) is 0 Å². The van der Waals surface area contributed by atoms with Gasteiger partial charge >= 0.3 is 0 Å². The second-order valence-electron chi connectivity index (χ2n) is 6.64. The predicted molar refractivity (Wildman–Crippen MR) is 76.8 cm³/mol. The Bertz CT molecular complexity index is 710. The highest BCUT2D eigenvalue weighted by Crippen LogP contribution is 2.61. The van der Waals surface area contributed by atoms with Crippen LogP contribution in [0.1, 0.15) is 11.1 Å². The molecule has 1 spiro atoms. The Morgan fingerprint density at radius 1 is 1.43 bits per heavy atom. The van der Waals surface area contributed by atoms with Crippen molar-refractivity contribution >= 4 is 5.78 Å². The van der Waals surface area contributed by atoms with Crippen LogP contribution in [0.3, 0.4) is 0 Å². The van der Waals surface area contributed by atoms with Crippen LogP contribution in [-0.4, -0.2) is 43.5 Å². The quantitative estimate of drug-likeness (QED) is 0.779. The number of carbonyl (C=O) groups excluding carboxylic acids is 1. The van der Waals surface area contributed by atoms with Gasteiger partial charge in [0.1, 0.15) is 0 Å². The van der Waals surface area contributed by atoms with Crippen LogP contribution in [0.5, 0.6) is 11.5 Å². The first-order valence-electron chi connectivity index (χ1n) is 7.46. The summed E-state index contributed by atoms with van der Waals surface area (Å²) in [6, 6.07) is 4.59. The Morgan fingerprint density at radius 2 is 2.29 bits per heavy atom. The monoisotopic (exact) mass is 283 g/mol. The number of ketones is 1. The summed E-state index contributed by atoms with van der Waals surface area (Å²) in [5.74, 6) is 2.00. The van der Waals surface area contributed by atoms with Gasteiger partial charge in [-0.1, -0.05) is 12.1 Å². The Hall–Kier alpha value is -1.81. The van der Waals surface area contributed by atoms with Crippen molar-refractivity contribution in [3.05, 3.63) is 35.4 Å². The van der Waals surface area contributed by atoms with Gasteiger partial charge in [0.25, 0.3) is 0 Å². The molecule has 4 aliphatic rings. The molecule has 2 bridgehead atoms. The van der Waals surface area contributed by atoms with Crippen LogP contribution in [0.25, 0.3) is 0 Å². The predicted octanol–water partition coefficient (Wildman–Crippen LogP) is 1.32. The number of hydrogen-bond acceptors (Lipinski definition) is 4. The molecule has 0 amide bonds. The minimum atomic E-state index is -0.384. The third-order valence-corrected chi connectivity index (χ3v) is 5.84. The van der Waals surface area contributed by atoms with Gasteiger partial charge in [0.05, 0.1) is 12.5 Å². The first kappa shape index (κ1) is 11.8. The van der Waals surface area contributed by atoms with Crippen LogP contribution in [0.2, 0.25) is 0 Å². The van der Waals surface area contributed by atoms with Gasteiger partial charge in [0, 0.05) is 24.1 Å². The molecule has 0 saturated carbocycles. The number of benzene rings is 1. The van der Waals surface area contributed by atoms with E-state index in [2.05, 4.69) is 24.1 Å². The summed E-state index contributed by atoms with van der Waals surface area (Å²) in [6.45, 7) is 0.885. The molecule has 2 aliphatic heterocycles. The van der Waals surface area contributed by atoms with Crippen LogP contribution in [-0.2, 0) is 16.6 Å². The molecule has 0 radical (unpaired) electrons. The third kappa shape index (κ3) is 1.12. The van der Waals surface area contributed by atoms with E-state index in [0.29, 0.717) is 12.0 Å². The lowest BCUT2D eigenvalue weighted by Gasteiger charge is -2.40. The SMILES string of the molecule is COc1ccc2c3c1O[C@H]1C(=O)C=CC4[C@@H](C2)N(C)C[C@@]341. The lowest BCUT2D eigenvalue weighted by Crippen LogP contribution is -2.53. The fourth-order valence-corrected chi connectivity index (χ4v) is 5.08. The summed E-state index contributed by atoms with van der Waals surface area (Å²) in [4.78, 5) is 14.8. The number of rotatable bonds is 1. The van der Waals surface area contributed by atoms with Crippen molar-refractivity contribution in [2.24, 2.45) is 5.92 Å². The maximum Gasteiger partial charge on any atom is 0.196 e. The summed E-state index contributed by atoms with van der Waals surface area (Å²) in [7, 11) is 3.82. The molecule has 2 aliphatic carbocycles.